The van der Waals surface area contributed by atoms with Gasteiger partial charge < -0.3 is 9.80 Å². The number of hydrogen-bond donors (Lipinski definition) is 0. The van der Waals surface area contributed by atoms with Crippen LogP contribution in [0.3, 0.4) is 0 Å². The maximum Gasteiger partial charge on any atom is 0.00951 e. The van der Waals surface area contributed by atoms with Crippen molar-refractivity contribution in [3.05, 3.63) is 6.42 Å². The third kappa shape index (κ3) is 5.73. The summed E-state index contributed by atoms with van der Waals surface area (Å²) < 4.78 is 0. The summed E-state index contributed by atoms with van der Waals surface area (Å²) in [5.74, 6) is 0. The number of likely N-dealkylation sites (tertiary alicyclic amines) is 1. The normalized spacial score (nSPS) is 22.5. The molecular formula is C18H35N2. The Morgan fingerprint density at radius 3 is 2.45 bits per heavy atom. The Balaban J connectivity index is 1.52. The molecule has 2 rings (SSSR count). The summed E-state index contributed by atoms with van der Waals surface area (Å²) in [6.07, 6.45) is 16.6. The van der Waals surface area contributed by atoms with Gasteiger partial charge in [-0.15, -0.1) is 0 Å². The van der Waals surface area contributed by atoms with Crippen molar-refractivity contribution >= 4 is 0 Å². The maximum atomic E-state index is 2.76. The summed E-state index contributed by atoms with van der Waals surface area (Å²) in [4.78, 5) is 5.41. The highest BCUT2D eigenvalue weighted by Gasteiger charge is 2.19. The maximum absolute atomic E-state index is 2.76. The lowest BCUT2D eigenvalue weighted by atomic mass is 9.94. The van der Waals surface area contributed by atoms with Crippen LogP contribution in [-0.2, 0) is 0 Å². The van der Waals surface area contributed by atoms with E-state index in [9.17, 15) is 0 Å². The molecule has 1 heterocycles. The molecule has 117 valence electrons. The Kier molecular flexibility index (Phi) is 7.97. The molecule has 1 aliphatic carbocycles. The fraction of sp³-hybridized carbons (Fsp3) is 0.944. The van der Waals surface area contributed by atoms with Crippen molar-refractivity contribution in [1.82, 2.24) is 9.80 Å². The molecule has 0 N–H and O–H groups in total. The van der Waals surface area contributed by atoms with Crippen LogP contribution < -0.4 is 0 Å². The summed E-state index contributed by atoms with van der Waals surface area (Å²) in [5, 5.41) is 0. The number of rotatable bonds is 8. The fourth-order valence-electron chi connectivity index (χ4n) is 3.90. The van der Waals surface area contributed by atoms with Crippen molar-refractivity contribution in [1.29, 1.82) is 0 Å². The van der Waals surface area contributed by atoms with Gasteiger partial charge in [0.2, 0.25) is 0 Å². The molecule has 20 heavy (non-hydrogen) atoms. The molecule has 0 atom stereocenters. The molecule has 0 aromatic rings. The van der Waals surface area contributed by atoms with E-state index >= 15 is 0 Å². The molecule has 2 nitrogen and oxygen atoms in total. The van der Waals surface area contributed by atoms with Crippen LogP contribution in [-0.4, -0.2) is 48.6 Å². The van der Waals surface area contributed by atoms with E-state index in [1.54, 1.807) is 0 Å². The number of unbranched alkanes of at least 4 members (excludes halogenated alkanes) is 2. The van der Waals surface area contributed by atoms with Crippen LogP contribution >= 0.6 is 0 Å². The average Bonchev–Trinajstić information content (AvgIpc) is 2.53. The summed E-state index contributed by atoms with van der Waals surface area (Å²) in [6, 6.07) is 0.909. The summed E-state index contributed by atoms with van der Waals surface area (Å²) in [5.41, 5.74) is 0. The average molecular weight is 279 g/mol. The van der Waals surface area contributed by atoms with Crippen LogP contribution in [0.4, 0.5) is 0 Å². The molecular weight excluding hydrogens is 244 g/mol. The molecule has 2 heteroatoms. The molecule has 2 aliphatic rings. The second kappa shape index (κ2) is 9.78. The van der Waals surface area contributed by atoms with Crippen molar-refractivity contribution < 1.29 is 0 Å². The highest BCUT2D eigenvalue weighted by Crippen LogP contribution is 2.22. The molecule has 1 saturated carbocycles. The van der Waals surface area contributed by atoms with Gasteiger partial charge in [-0.25, -0.2) is 0 Å². The van der Waals surface area contributed by atoms with Gasteiger partial charge in [-0.2, -0.15) is 0 Å². The van der Waals surface area contributed by atoms with E-state index in [0.717, 1.165) is 6.04 Å². The van der Waals surface area contributed by atoms with Gasteiger partial charge in [0.05, 0.1) is 0 Å². The monoisotopic (exact) mass is 279 g/mol. The molecule has 0 bridgehead atoms. The van der Waals surface area contributed by atoms with Gasteiger partial charge in [-0.1, -0.05) is 32.6 Å². The molecule has 2 fully saturated rings. The van der Waals surface area contributed by atoms with Gasteiger partial charge in [-0.05, 0) is 77.7 Å². The minimum atomic E-state index is 0.909. The smallest absolute Gasteiger partial charge is 0.00951 e. The van der Waals surface area contributed by atoms with E-state index in [1.165, 1.54) is 96.9 Å². The molecule has 0 amide bonds. The number of nitrogens with zero attached hydrogens (tertiary/aromatic N) is 2. The SMILES string of the molecule is CCN(CCCCCN1CC[CH]CC1)C1CCCCC1. The highest BCUT2D eigenvalue weighted by atomic mass is 15.1. The van der Waals surface area contributed by atoms with Crippen LogP contribution in [0.15, 0.2) is 0 Å². The zero-order chi connectivity index (χ0) is 14.0. The predicted octanol–water partition coefficient (Wildman–Crippen LogP) is 4.11. The lowest BCUT2D eigenvalue weighted by Crippen LogP contribution is -2.37. The van der Waals surface area contributed by atoms with Crippen molar-refractivity contribution in [2.75, 3.05) is 32.7 Å². The fourth-order valence-corrected chi connectivity index (χ4v) is 3.90. The third-order valence-electron chi connectivity index (χ3n) is 5.22. The van der Waals surface area contributed by atoms with Crippen LogP contribution in [0, 0.1) is 6.42 Å². The standard InChI is InChI=1S/C18H35N2/c1-2-20(18-12-6-3-7-13-18)17-11-5-10-16-19-14-8-4-9-15-19/h4,18H,2-3,5-17H2,1H3. The van der Waals surface area contributed by atoms with Crippen molar-refractivity contribution in [3.8, 4) is 0 Å². The van der Waals surface area contributed by atoms with Crippen molar-refractivity contribution in [2.45, 2.75) is 77.2 Å². The lowest BCUT2D eigenvalue weighted by Gasteiger charge is -2.33. The van der Waals surface area contributed by atoms with Crippen LogP contribution in [0.2, 0.25) is 0 Å². The predicted molar refractivity (Wildman–Crippen MR) is 87.9 cm³/mol. The third-order valence-corrected chi connectivity index (χ3v) is 5.22. The molecule has 1 saturated heterocycles. The first kappa shape index (κ1) is 16.3. The number of piperidine rings is 1. The van der Waals surface area contributed by atoms with Gasteiger partial charge in [0.15, 0.2) is 0 Å². The second-order valence-corrected chi connectivity index (χ2v) is 6.69. The summed E-state index contributed by atoms with van der Waals surface area (Å²) in [6.45, 7) is 8.90. The van der Waals surface area contributed by atoms with Gasteiger partial charge in [0, 0.05) is 6.04 Å². The number of hydrogen-bond acceptors (Lipinski definition) is 2. The lowest BCUT2D eigenvalue weighted by molar-refractivity contribution is 0.159. The highest BCUT2D eigenvalue weighted by molar-refractivity contribution is 4.77. The molecule has 0 spiro atoms. The topological polar surface area (TPSA) is 6.48 Å². The Hall–Kier alpha value is -0.0800. The largest absolute Gasteiger partial charge is 0.303 e. The van der Waals surface area contributed by atoms with Gasteiger partial charge in [-0.3, -0.25) is 0 Å². The van der Waals surface area contributed by atoms with E-state index in [4.69, 9.17) is 0 Å². The minimum absolute atomic E-state index is 0.909. The summed E-state index contributed by atoms with van der Waals surface area (Å²) in [7, 11) is 0. The van der Waals surface area contributed by atoms with Crippen LogP contribution in [0.5, 0.6) is 0 Å². The molecule has 0 aromatic heterocycles. The zero-order valence-electron chi connectivity index (χ0n) is 13.7. The van der Waals surface area contributed by atoms with Crippen LogP contribution in [0.1, 0.15) is 71.1 Å². The van der Waals surface area contributed by atoms with Crippen molar-refractivity contribution in [3.63, 3.8) is 0 Å². The first-order valence-corrected chi connectivity index (χ1v) is 9.18. The Morgan fingerprint density at radius 1 is 1.00 bits per heavy atom. The second-order valence-electron chi connectivity index (χ2n) is 6.69. The van der Waals surface area contributed by atoms with Gasteiger partial charge >= 0.3 is 0 Å². The Bertz CT molecular complexity index is 230. The summed E-state index contributed by atoms with van der Waals surface area (Å²) >= 11 is 0. The molecule has 1 aliphatic heterocycles. The van der Waals surface area contributed by atoms with E-state index in [-0.39, 0.29) is 0 Å². The first-order chi connectivity index (χ1) is 9.90. The Labute approximate surface area is 126 Å². The minimum Gasteiger partial charge on any atom is -0.303 e. The molecule has 0 aromatic carbocycles. The molecule has 1 radical (unpaired) electrons. The Morgan fingerprint density at radius 2 is 1.75 bits per heavy atom. The zero-order valence-corrected chi connectivity index (χ0v) is 13.7. The van der Waals surface area contributed by atoms with E-state index < -0.39 is 0 Å². The van der Waals surface area contributed by atoms with E-state index in [2.05, 4.69) is 23.1 Å². The molecule has 0 unspecified atom stereocenters. The van der Waals surface area contributed by atoms with Crippen LogP contribution in [0.25, 0.3) is 0 Å². The van der Waals surface area contributed by atoms with Gasteiger partial charge in [0.25, 0.3) is 0 Å². The van der Waals surface area contributed by atoms with Gasteiger partial charge in [0.1, 0.15) is 0 Å². The quantitative estimate of drug-likeness (QED) is 0.617. The van der Waals surface area contributed by atoms with E-state index in [0.29, 0.717) is 0 Å². The van der Waals surface area contributed by atoms with E-state index in [1.807, 2.05) is 0 Å². The first-order valence-electron chi connectivity index (χ1n) is 9.18. The van der Waals surface area contributed by atoms with Crippen molar-refractivity contribution in [2.24, 2.45) is 0 Å².